The van der Waals surface area contributed by atoms with Crippen LogP contribution in [0.5, 0.6) is 11.5 Å². The minimum absolute atomic E-state index is 0.00697. The van der Waals surface area contributed by atoms with Crippen LogP contribution in [0.2, 0.25) is 5.02 Å². The Bertz CT molecular complexity index is 628. The maximum absolute atomic E-state index is 11.8. The zero-order valence-electron chi connectivity index (χ0n) is 13.0. The summed E-state index contributed by atoms with van der Waals surface area (Å²) in [5.74, 6) is 1.55. The average molecular weight is 334 g/mol. The first-order valence-electron chi connectivity index (χ1n) is 7.45. The van der Waals surface area contributed by atoms with Crippen molar-refractivity contribution in [2.24, 2.45) is 0 Å². The molecular weight excluding hydrogens is 314 g/mol. The molecule has 2 aromatic rings. The topological polar surface area (TPSA) is 47.6 Å². The second-order valence-electron chi connectivity index (χ2n) is 5.00. The van der Waals surface area contributed by atoms with Crippen molar-refractivity contribution in [3.8, 4) is 11.5 Å². The lowest BCUT2D eigenvalue weighted by Crippen LogP contribution is -2.28. The maximum atomic E-state index is 11.8. The summed E-state index contributed by atoms with van der Waals surface area (Å²) in [6.07, 6.45) is 1.12. The molecule has 0 spiro atoms. The molecular formula is C18H20ClNO3. The van der Waals surface area contributed by atoms with Crippen LogP contribution in [-0.4, -0.2) is 26.2 Å². The van der Waals surface area contributed by atoms with Crippen molar-refractivity contribution in [3.63, 3.8) is 0 Å². The standard InChI is InChI=1S/C18H20ClNO3/c1-22-17-4-2-3-14(13-17)5-10-18(21)20-11-12-23-16-8-6-15(19)7-9-16/h2-4,6-9,13H,5,10-12H2,1H3,(H,20,21). The fraction of sp³-hybridized carbons (Fsp3) is 0.278. The molecule has 5 heteroatoms. The highest BCUT2D eigenvalue weighted by atomic mass is 35.5. The van der Waals surface area contributed by atoms with Crippen molar-refractivity contribution in [1.29, 1.82) is 0 Å². The summed E-state index contributed by atoms with van der Waals surface area (Å²) in [6, 6.07) is 14.9. The number of benzene rings is 2. The summed E-state index contributed by atoms with van der Waals surface area (Å²) >= 11 is 5.80. The molecule has 0 unspecified atom stereocenters. The van der Waals surface area contributed by atoms with Crippen LogP contribution in [0.1, 0.15) is 12.0 Å². The molecule has 122 valence electrons. The zero-order chi connectivity index (χ0) is 16.5. The normalized spacial score (nSPS) is 10.2. The van der Waals surface area contributed by atoms with E-state index in [2.05, 4.69) is 5.32 Å². The lowest BCUT2D eigenvalue weighted by Gasteiger charge is -2.08. The Kier molecular flexibility index (Phi) is 6.76. The predicted molar refractivity (Wildman–Crippen MR) is 91.3 cm³/mol. The van der Waals surface area contributed by atoms with E-state index in [1.165, 1.54) is 0 Å². The molecule has 2 rings (SSSR count). The Morgan fingerprint density at radius 2 is 1.91 bits per heavy atom. The molecule has 0 aliphatic carbocycles. The summed E-state index contributed by atoms with van der Waals surface area (Å²) in [6.45, 7) is 0.895. The highest BCUT2D eigenvalue weighted by molar-refractivity contribution is 6.30. The zero-order valence-corrected chi connectivity index (χ0v) is 13.8. The summed E-state index contributed by atoms with van der Waals surface area (Å²) < 4.78 is 10.7. The molecule has 1 amide bonds. The van der Waals surface area contributed by atoms with Gasteiger partial charge >= 0.3 is 0 Å². The molecule has 0 aliphatic rings. The van der Waals surface area contributed by atoms with Crippen molar-refractivity contribution in [3.05, 3.63) is 59.1 Å². The van der Waals surface area contributed by atoms with Crippen LogP contribution in [0, 0.1) is 0 Å². The summed E-state index contributed by atoms with van der Waals surface area (Å²) in [4.78, 5) is 11.8. The fourth-order valence-corrected chi connectivity index (χ4v) is 2.19. The molecule has 0 bridgehead atoms. The quantitative estimate of drug-likeness (QED) is 0.752. The average Bonchev–Trinajstić information content (AvgIpc) is 2.58. The van der Waals surface area contributed by atoms with E-state index in [1.54, 1.807) is 31.4 Å². The van der Waals surface area contributed by atoms with Gasteiger partial charge in [-0.3, -0.25) is 4.79 Å². The van der Waals surface area contributed by atoms with Gasteiger partial charge in [-0.25, -0.2) is 0 Å². The SMILES string of the molecule is COc1cccc(CCC(=O)NCCOc2ccc(Cl)cc2)c1. The van der Waals surface area contributed by atoms with Crippen LogP contribution in [0.3, 0.4) is 0 Å². The van der Waals surface area contributed by atoms with Crippen LogP contribution in [0.15, 0.2) is 48.5 Å². The molecule has 1 N–H and O–H groups in total. The van der Waals surface area contributed by atoms with Gasteiger partial charge in [0.25, 0.3) is 0 Å². The van der Waals surface area contributed by atoms with Crippen molar-refractivity contribution >= 4 is 17.5 Å². The van der Waals surface area contributed by atoms with Crippen LogP contribution >= 0.6 is 11.6 Å². The Labute approximate surface area is 141 Å². The molecule has 0 saturated carbocycles. The molecule has 0 radical (unpaired) electrons. The number of halogens is 1. The predicted octanol–water partition coefficient (Wildman–Crippen LogP) is 3.48. The van der Waals surface area contributed by atoms with E-state index < -0.39 is 0 Å². The summed E-state index contributed by atoms with van der Waals surface area (Å²) in [7, 11) is 1.63. The number of ether oxygens (including phenoxy) is 2. The van der Waals surface area contributed by atoms with Gasteiger partial charge in [0, 0.05) is 11.4 Å². The molecule has 23 heavy (non-hydrogen) atoms. The lowest BCUT2D eigenvalue weighted by atomic mass is 10.1. The molecule has 0 fully saturated rings. The molecule has 0 aliphatic heterocycles. The second kappa shape index (κ2) is 9.06. The Hall–Kier alpha value is -2.20. The largest absolute Gasteiger partial charge is 0.497 e. The summed E-state index contributed by atoms with van der Waals surface area (Å²) in [5, 5.41) is 3.51. The number of methoxy groups -OCH3 is 1. The second-order valence-corrected chi connectivity index (χ2v) is 5.44. The highest BCUT2D eigenvalue weighted by Crippen LogP contribution is 2.15. The van der Waals surface area contributed by atoms with Gasteiger partial charge in [-0.15, -0.1) is 0 Å². The summed E-state index contributed by atoms with van der Waals surface area (Å²) in [5.41, 5.74) is 1.08. The smallest absolute Gasteiger partial charge is 0.220 e. The number of carbonyl (C=O) groups excluding carboxylic acids is 1. The molecule has 4 nitrogen and oxygen atoms in total. The van der Waals surface area contributed by atoms with E-state index in [4.69, 9.17) is 21.1 Å². The first-order chi connectivity index (χ1) is 11.2. The Morgan fingerprint density at radius 1 is 1.13 bits per heavy atom. The highest BCUT2D eigenvalue weighted by Gasteiger charge is 2.03. The fourth-order valence-electron chi connectivity index (χ4n) is 2.06. The van der Waals surface area contributed by atoms with Gasteiger partial charge in [0.05, 0.1) is 13.7 Å². The third-order valence-electron chi connectivity index (χ3n) is 3.28. The van der Waals surface area contributed by atoms with Gasteiger partial charge in [0.2, 0.25) is 5.91 Å². The molecule has 2 aromatic carbocycles. The van der Waals surface area contributed by atoms with Gasteiger partial charge < -0.3 is 14.8 Å². The third kappa shape index (κ3) is 6.20. The van der Waals surface area contributed by atoms with Gasteiger partial charge in [0.15, 0.2) is 0 Å². The number of hydrogen-bond acceptors (Lipinski definition) is 3. The number of nitrogens with one attached hydrogen (secondary N) is 1. The van der Waals surface area contributed by atoms with Gasteiger partial charge in [-0.05, 0) is 48.4 Å². The van der Waals surface area contributed by atoms with Gasteiger partial charge in [-0.1, -0.05) is 23.7 Å². The van der Waals surface area contributed by atoms with Crippen LogP contribution in [0.4, 0.5) is 0 Å². The van der Waals surface area contributed by atoms with Gasteiger partial charge in [0.1, 0.15) is 18.1 Å². The van der Waals surface area contributed by atoms with E-state index >= 15 is 0 Å². The molecule has 0 heterocycles. The van der Waals surface area contributed by atoms with E-state index in [0.717, 1.165) is 17.1 Å². The van der Waals surface area contributed by atoms with Crippen molar-refractivity contribution in [2.75, 3.05) is 20.3 Å². The first kappa shape index (κ1) is 17.2. The molecule has 0 saturated heterocycles. The molecule has 0 atom stereocenters. The number of rotatable bonds is 8. The van der Waals surface area contributed by atoms with E-state index in [-0.39, 0.29) is 5.91 Å². The van der Waals surface area contributed by atoms with Gasteiger partial charge in [-0.2, -0.15) is 0 Å². The number of carbonyl (C=O) groups is 1. The van der Waals surface area contributed by atoms with E-state index in [9.17, 15) is 4.79 Å². The van der Waals surface area contributed by atoms with Crippen molar-refractivity contribution < 1.29 is 14.3 Å². The van der Waals surface area contributed by atoms with E-state index in [1.807, 2.05) is 24.3 Å². The Balaban J connectivity index is 1.64. The number of aryl methyl sites for hydroxylation is 1. The van der Waals surface area contributed by atoms with Crippen LogP contribution in [-0.2, 0) is 11.2 Å². The third-order valence-corrected chi connectivity index (χ3v) is 3.53. The lowest BCUT2D eigenvalue weighted by molar-refractivity contribution is -0.121. The molecule has 0 aromatic heterocycles. The van der Waals surface area contributed by atoms with Crippen molar-refractivity contribution in [1.82, 2.24) is 5.32 Å². The van der Waals surface area contributed by atoms with E-state index in [0.29, 0.717) is 31.0 Å². The minimum atomic E-state index is 0.00697. The minimum Gasteiger partial charge on any atom is -0.497 e. The monoisotopic (exact) mass is 333 g/mol. The van der Waals surface area contributed by atoms with Crippen LogP contribution < -0.4 is 14.8 Å². The Morgan fingerprint density at radius 3 is 2.65 bits per heavy atom. The van der Waals surface area contributed by atoms with Crippen LogP contribution in [0.25, 0.3) is 0 Å². The number of hydrogen-bond donors (Lipinski definition) is 1. The first-order valence-corrected chi connectivity index (χ1v) is 7.83. The number of amides is 1. The van der Waals surface area contributed by atoms with Crippen molar-refractivity contribution in [2.45, 2.75) is 12.8 Å². The maximum Gasteiger partial charge on any atom is 0.220 e.